The van der Waals surface area contributed by atoms with Crippen LogP contribution in [0.4, 0.5) is 17.2 Å². The summed E-state index contributed by atoms with van der Waals surface area (Å²) in [5, 5.41) is 10.8. The highest BCUT2D eigenvalue weighted by molar-refractivity contribution is 5.54. The van der Waals surface area contributed by atoms with E-state index in [0.29, 0.717) is 0 Å². The summed E-state index contributed by atoms with van der Waals surface area (Å²) in [7, 11) is 1.63. The fourth-order valence-electron chi connectivity index (χ4n) is 2.85. The van der Waals surface area contributed by atoms with Gasteiger partial charge in [-0.1, -0.05) is 0 Å². The van der Waals surface area contributed by atoms with Crippen molar-refractivity contribution in [3.8, 4) is 5.75 Å². The van der Waals surface area contributed by atoms with E-state index in [4.69, 9.17) is 4.74 Å². The lowest BCUT2D eigenvalue weighted by atomic mass is 10.2. The number of piperazine rings is 1. The molecular weight excluding hydrogens is 310 g/mol. The van der Waals surface area contributed by atoms with Gasteiger partial charge in [-0.3, -0.25) is 15.1 Å². The van der Waals surface area contributed by atoms with Crippen molar-refractivity contribution in [1.82, 2.24) is 9.97 Å². The van der Waals surface area contributed by atoms with Crippen molar-refractivity contribution >= 4 is 17.2 Å². The largest absolute Gasteiger partial charge is 0.495 e. The molecule has 1 aliphatic rings. The summed E-state index contributed by atoms with van der Waals surface area (Å²) in [6.07, 6.45) is 4.83. The van der Waals surface area contributed by atoms with Gasteiger partial charge in [0.1, 0.15) is 17.8 Å². The third-order valence-electron chi connectivity index (χ3n) is 4.13. The van der Waals surface area contributed by atoms with Crippen molar-refractivity contribution in [3.63, 3.8) is 0 Å². The maximum atomic E-state index is 10.8. The zero-order chi connectivity index (χ0) is 17.1. The van der Waals surface area contributed by atoms with Crippen LogP contribution in [0, 0.1) is 17.0 Å². The number of methoxy groups -OCH3 is 1. The average molecular weight is 329 g/mol. The number of nitro groups is 1. The van der Waals surface area contributed by atoms with Crippen molar-refractivity contribution in [2.45, 2.75) is 6.92 Å². The van der Waals surface area contributed by atoms with Crippen molar-refractivity contribution < 1.29 is 9.66 Å². The zero-order valence-electron chi connectivity index (χ0n) is 13.7. The van der Waals surface area contributed by atoms with Gasteiger partial charge in [-0.15, -0.1) is 0 Å². The van der Waals surface area contributed by atoms with Crippen molar-refractivity contribution in [1.29, 1.82) is 0 Å². The number of hydrogen-bond donors (Lipinski definition) is 0. The molecule has 0 amide bonds. The van der Waals surface area contributed by atoms with Crippen LogP contribution >= 0.6 is 0 Å². The molecule has 2 aromatic rings. The predicted molar refractivity (Wildman–Crippen MR) is 90.8 cm³/mol. The molecule has 2 aromatic heterocycles. The molecule has 8 heteroatoms. The number of pyridine rings is 2. The quantitative estimate of drug-likeness (QED) is 0.626. The smallest absolute Gasteiger partial charge is 0.287 e. The van der Waals surface area contributed by atoms with Gasteiger partial charge in [-0.2, -0.15) is 0 Å². The lowest BCUT2D eigenvalue weighted by Gasteiger charge is -2.37. The summed E-state index contributed by atoms with van der Waals surface area (Å²) >= 11 is 0. The molecule has 0 spiro atoms. The molecule has 0 bridgehead atoms. The first-order chi connectivity index (χ1) is 11.6. The molecule has 8 nitrogen and oxygen atoms in total. The molecular formula is C16H19N5O3. The Morgan fingerprint density at radius 2 is 1.83 bits per heavy atom. The minimum Gasteiger partial charge on any atom is -0.495 e. The minimum atomic E-state index is -0.419. The van der Waals surface area contributed by atoms with Crippen LogP contribution in [0.1, 0.15) is 5.56 Å². The molecule has 0 aromatic carbocycles. The number of aryl methyl sites for hydroxylation is 1. The molecule has 0 aliphatic carbocycles. The second-order valence-electron chi connectivity index (χ2n) is 5.65. The van der Waals surface area contributed by atoms with Gasteiger partial charge in [0.25, 0.3) is 5.69 Å². The first-order valence-corrected chi connectivity index (χ1v) is 7.68. The third kappa shape index (κ3) is 3.22. The number of anilines is 2. The molecule has 24 heavy (non-hydrogen) atoms. The maximum Gasteiger partial charge on any atom is 0.287 e. The Labute approximate surface area is 139 Å². The van der Waals surface area contributed by atoms with E-state index in [2.05, 4.69) is 19.8 Å². The minimum absolute atomic E-state index is 0.0253. The fraction of sp³-hybridized carbons (Fsp3) is 0.375. The molecule has 0 unspecified atom stereocenters. The molecule has 0 saturated carbocycles. The monoisotopic (exact) mass is 329 g/mol. The molecule has 3 rings (SSSR count). The van der Waals surface area contributed by atoms with Crippen LogP contribution in [0.2, 0.25) is 0 Å². The Balaban J connectivity index is 1.69. The highest BCUT2D eigenvalue weighted by atomic mass is 16.6. The summed E-state index contributed by atoms with van der Waals surface area (Å²) in [6, 6.07) is 3.54. The lowest BCUT2D eigenvalue weighted by Crippen LogP contribution is -2.47. The normalized spacial score (nSPS) is 14.6. The molecule has 1 aliphatic heterocycles. The fourth-order valence-corrected chi connectivity index (χ4v) is 2.85. The highest BCUT2D eigenvalue weighted by Crippen LogP contribution is 2.25. The van der Waals surface area contributed by atoms with Crippen LogP contribution < -0.4 is 14.5 Å². The lowest BCUT2D eigenvalue weighted by molar-refractivity contribution is -0.385. The Morgan fingerprint density at radius 1 is 1.12 bits per heavy atom. The van der Waals surface area contributed by atoms with Gasteiger partial charge >= 0.3 is 0 Å². The number of hydrogen-bond acceptors (Lipinski definition) is 7. The van der Waals surface area contributed by atoms with E-state index >= 15 is 0 Å². The Morgan fingerprint density at radius 3 is 2.46 bits per heavy atom. The first kappa shape index (κ1) is 16.0. The standard InChI is InChI=1S/C16H19N5O3/c1-12-7-14(21(22)23)10-18-16(12)20-5-3-19(4-6-20)13-8-15(24-2)11-17-9-13/h7-11H,3-6H2,1-2H3. The van der Waals surface area contributed by atoms with Crippen LogP contribution in [0.3, 0.4) is 0 Å². The van der Waals surface area contributed by atoms with Gasteiger partial charge < -0.3 is 14.5 Å². The van der Waals surface area contributed by atoms with Gasteiger partial charge in [0.2, 0.25) is 0 Å². The van der Waals surface area contributed by atoms with E-state index in [1.165, 1.54) is 6.20 Å². The maximum absolute atomic E-state index is 10.8. The second-order valence-corrected chi connectivity index (χ2v) is 5.65. The van der Waals surface area contributed by atoms with Gasteiger partial charge in [0, 0.05) is 38.3 Å². The van der Waals surface area contributed by atoms with Crippen LogP contribution in [-0.4, -0.2) is 48.2 Å². The van der Waals surface area contributed by atoms with Crippen LogP contribution in [0.5, 0.6) is 5.75 Å². The summed E-state index contributed by atoms with van der Waals surface area (Å²) < 4.78 is 5.22. The van der Waals surface area contributed by atoms with E-state index in [1.807, 2.05) is 19.2 Å². The second kappa shape index (κ2) is 6.69. The SMILES string of the molecule is COc1cncc(N2CCN(c3ncc([N+](=O)[O-])cc3C)CC2)c1. The molecule has 0 N–H and O–H groups in total. The van der Waals surface area contributed by atoms with Gasteiger partial charge in [-0.25, -0.2) is 4.98 Å². The number of ether oxygens (including phenoxy) is 1. The Kier molecular flexibility index (Phi) is 4.45. The first-order valence-electron chi connectivity index (χ1n) is 7.68. The van der Waals surface area contributed by atoms with E-state index in [-0.39, 0.29) is 5.69 Å². The van der Waals surface area contributed by atoms with Gasteiger partial charge in [-0.05, 0) is 12.5 Å². The topological polar surface area (TPSA) is 84.6 Å². The van der Waals surface area contributed by atoms with E-state index in [1.54, 1.807) is 19.4 Å². The molecule has 0 radical (unpaired) electrons. The molecule has 3 heterocycles. The summed E-state index contributed by atoms with van der Waals surface area (Å²) in [5.74, 6) is 1.55. The molecule has 1 saturated heterocycles. The summed E-state index contributed by atoms with van der Waals surface area (Å²) in [6.45, 7) is 5.10. The third-order valence-corrected chi connectivity index (χ3v) is 4.13. The summed E-state index contributed by atoms with van der Waals surface area (Å²) in [4.78, 5) is 23.3. The van der Waals surface area contributed by atoms with E-state index in [9.17, 15) is 10.1 Å². The Hall–Kier alpha value is -2.90. The highest BCUT2D eigenvalue weighted by Gasteiger charge is 2.21. The van der Waals surface area contributed by atoms with Crippen molar-refractivity contribution in [2.75, 3.05) is 43.1 Å². The number of nitrogens with zero attached hydrogens (tertiary/aromatic N) is 5. The summed E-state index contributed by atoms with van der Waals surface area (Å²) in [5.41, 5.74) is 1.88. The number of aromatic nitrogens is 2. The van der Waals surface area contributed by atoms with Crippen LogP contribution in [0.25, 0.3) is 0 Å². The zero-order valence-corrected chi connectivity index (χ0v) is 13.7. The van der Waals surface area contributed by atoms with Gasteiger partial charge in [0.15, 0.2) is 0 Å². The van der Waals surface area contributed by atoms with Crippen LogP contribution in [0.15, 0.2) is 30.7 Å². The molecule has 1 fully saturated rings. The van der Waals surface area contributed by atoms with Crippen molar-refractivity contribution in [2.24, 2.45) is 0 Å². The molecule has 0 atom stereocenters. The molecule has 126 valence electrons. The van der Waals surface area contributed by atoms with Crippen LogP contribution in [-0.2, 0) is 0 Å². The van der Waals surface area contributed by atoms with Crippen molar-refractivity contribution in [3.05, 3.63) is 46.4 Å². The average Bonchev–Trinajstić information content (AvgIpc) is 2.62. The predicted octanol–water partition coefficient (Wildman–Crippen LogP) is 2.03. The van der Waals surface area contributed by atoms with E-state index < -0.39 is 4.92 Å². The van der Waals surface area contributed by atoms with Gasteiger partial charge in [0.05, 0.1) is 30.1 Å². The van der Waals surface area contributed by atoms with E-state index in [0.717, 1.165) is 49.0 Å². The Bertz CT molecular complexity index is 744. The number of rotatable bonds is 4.